The summed E-state index contributed by atoms with van der Waals surface area (Å²) in [5.41, 5.74) is -0.0429. The molecule has 0 aliphatic heterocycles. The van der Waals surface area contributed by atoms with Gasteiger partial charge in [0.1, 0.15) is 0 Å². The molecule has 80 valence electrons. The molecule has 0 spiro atoms. The lowest BCUT2D eigenvalue weighted by atomic mass is 10.0. The summed E-state index contributed by atoms with van der Waals surface area (Å²) in [5.74, 6) is 0. The molecule has 1 unspecified atom stereocenters. The van der Waals surface area contributed by atoms with Crippen LogP contribution in [0.3, 0.4) is 0 Å². The van der Waals surface area contributed by atoms with E-state index in [-0.39, 0.29) is 5.60 Å². The van der Waals surface area contributed by atoms with Gasteiger partial charge in [0.15, 0.2) is 0 Å². The summed E-state index contributed by atoms with van der Waals surface area (Å²) in [6, 6.07) is 4.17. The molecule has 0 amide bonds. The summed E-state index contributed by atoms with van der Waals surface area (Å²) in [5, 5.41) is 5.25. The first-order valence-electron chi connectivity index (χ1n) is 5.01. The van der Waals surface area contributed by atoms with Crippen LogP contribution >= 0.6 is 11.3 Å². The molecule has 2 nitrogen and oxygen atoms in total. The Morgan fingerprint density at radius 3 is 2.86 bits per heavy atom. The van der Waals surface area contributed by atoms with Crippen LogP contribution in [0.2, 0.25) is 0 Å². The van der Waals surface area contributed by atoms with Crippen molar-refractivity contribution in [1.82, 2.24) is 5.32 Å². The standard InChI is InChI=1S/C11H19NOS/c1-4-11(2,9-12-3)13-8-10-6-5-7-14-10/h5-7,12H,4,8-9H2,1-3H3. The predicted molar refractivity (Wildman–Crippen MR) is 61.7 cm³/mol. The van der Waals surface area contributed by atoms with E-state index in [0.29, 0.717) is 0 Å². The van der Waals surface area contributed by atoms with Crippen LogP contribution in [0.4, 0.5) is 0 Å². The number of rotatable bonds is 6. The van der Waals surface area contributed by atoms with Gasteiger partial charge < -0.3 is 10.1 Å². The molecule has 1 heterocycles. The Morgan fingerprint density at radius 1 is 1.57 bits per heavy atom. The van der Waals surface area contributed by atoms with E-state index in [4.69, 9.17) is 4.74 Å². The largest absolute Gasteiger partial charge is 0.368 e. The van der Waals surface area contributed by atoms with Gasteiger partial charge in [0.25, 0.3) is 0 Å². The van der Waals surface area contributed by atoms with E-state index in [9.17, 15) is 0 Å². The van der Waals surface area contributed by atoms with Gasteiger partial charge in [-0.2, -0.15) is 0 Å². The first kappa shape index (κ1) is 11.7. The second-order valence-corrected chi connectivity index (χ2v) is 4.73. The van der Waals surface area contributed by atoms with Crippen LogP contribution in [0.5, 0.6) is 0 Å². The molecule has 0 fully saturated rings. The Hall–Kier alpha value is -0.380. The molecule has 0 bridgehead atoms. The molecule has 1 N–H and O–H groups in total. The van der Waals surface area contributed by atoms with Gasteiger partial charge in [-0.15, -0.1) is 11.3 Å². The summed E-state index contributed by atoms with van der Waals surface area (Å²) in [6.07, 6.45) is 1.03. The lowest BCUT2D eigenvalue weighted by Gasteiger charge is -2.28. The first-order chi connectivity index (χ1) is 6.70. The molecule has 0 saturated carbocycles. The SMILES string of the molecule is CCC(C)(CNC)OCc1cccs1. The number of thiophene rings is 1. The minimum absolute atomic E-state index is 0.0429. The van der Waals surface area contributed by atoms with Crippen molar-refractivity contribution in [3.8, 4) is 0 Å². The van der Waals surface area contributed by atoms with Crippen molar-refractivity contribution in [3.63, 3.8) is 0 Å². The number of ether oxygens (including phenoxy) is 1. The zero-order valence-electron chi connectivity index (χ0n) is 9.17. The molecule has 1 rings (SSSR count). The van der Waals surface area contributed by atoms with E-state index < -0.39 is 0 Å². The number of nitrogens with one attached hydrogen (secondary N) is 1. The Kier molecular flexibility index (Phi) is 4.58. The van der Waals surface area contributed by atoms with Crippen molar-refractivity contribution in [2.24, 2.45) is 0 Å². The molecule has 0 radical (unpaired) electrons. The fraction of sp³-hybridized carbons (Fsp3) is 0.636. The van der Waals surface area contributed by atoms with Crippen molar-refractivity contribution < 1.29 is 4.74 Å². The smallest absolute Gasteiger partial charge is 0.0817 e. The first-order valence-corrected chi connectivity index (χ1v) is 5.89. The highest BCUT2D eigenvalue weighted by atomic mass is 32.1. The maximum atomic E-state index is 5.91. The van der Waals surface area contributed by atoms with Gasteiger partial charge in [-0.05, 0) is 31.8 Å². The van der Waals surface area contributed by atoms with Crippen molar-refractivity contribution in [1.29, 1.82) is 0 Å². The Morgan fingerprint density at radius 2 is 2.36 bits per heavy atom. The van der Waals surface area contributed by atoms with Crippen LogP contribution in [0.25, 0.3) is 0 Å². The molecule has 1 atom stereocenters. The van der Waals surface area contributed by atoms with Crippen LogP contribution in [-0.4, -0.2) is 19.2 Å². The van der Waals surface area contributed by atoms with Gasteiger partial charge >= 0.3 is 0 Å². The summed E-state index contributed by atoms with van der Waals surface area (Å²) >= 11 is 1.75. The van der Waals surface area contributed by atoms with E-state index in [1.54, 1.807) is 11.3 Å². The Bertz CT molecular complexity index is 248. The zero-order valence-corrected chi connectivity index (χ0v) is 9.99. The van der Waals surface area contributed by atoms with E-state index in [0.717, 1.165) is 19.6 Å². The zero-order chi connectivity index (χ0) is 10.4. The maximum absolute atomic E-state index is 5.91. The highest BCUT2D eigenvalue weighted by molar-refractivity contribution is 7.09. The van der Waals surface area contributed by atoms with Gasteiger partial charge in [0, 0.05) is 11.4 Å². The normalized spacial score (nSPS) is 15.4. The molecule has 0 saturated heterocycles. The molecule has 14 heavy (non-hydrogen) atoms. The summed E-state index contributed by atoms with van der Waals surface area (Å²) in [6.45, 7) is 5.93. The molecule has 1 aromatic rings. The van der Waals surface area contributed by atoms with E-state index in [1.807, 2.05) is 7.05 Å². The van der Waals surface area contributed by atoms with Crippen molar-refractivity contribution in [2.45, 2.75) is 32.5 Å². The topological polar surface area (TPSA) is 21.3 Å². The predicted octanol–water partition coefficient (Wildman–Crippen LogP) is 2.65. The molecule has 0 aliphatic carbocycles. The second-order valence-electron chi connectivity index (χ2n) is 3.70. The lowest BCUT2D eigenvalue weighted by Crippen LogP contribution is -2.38. The fourth-order valence-electron chi connectivity index (χ4n) is 1.29. The molecular weight excluding hydrogens is 194 g/mol. The van der Waals surface area contributed by atoms with Crippen LogP contribution in [0.1, 0.15) is 25.1 Å². The third-order valence-electron chi connectivity index (χ3n) is 2.44. The van der Waals surface area contributed by atoms with Gasteiger partial charge in [-0.1, -0.05) is 13.0 Å². The quantitative estimate of drug-likeness (QED) is 0.784. The van der Waals surface area contributed by atoms with Crippen LogP contribution < -0.4 is 5.32 Å². The maximum Gasteiger partial charge on any atom is 0.0817 e. The van der Waals surface area contributed by atoms with E-state index >= 15 is 0 Å². The van der Waals surface area contributed by atoms with E-state index in [2.05, 4.69) is 36.7 Å². The van der Waals surface area contributed by atoms with Gasteiger partial charge in [0.05, 0.1) is 12.2 Å². The number of hydrogen-bond donors (Lipinski definition) is 1. The van der Waals surface area contributed by atoms with Gasteiger partial charge in [0.2, 0.25) is 0 Å². The van der Waals surface area contributed by atoms with Crippen LogP contribution in [-0.2, 0) is 11.3 Å². The van der Waals surface area contributed by atoms with Gasteiger partial charge in [-0.25, -0.2) is 0 Å². The fourth-order valence-corrected chi connectivity index (χ4v) is 1.91. The molecule has 3 heteroatoms. The Balaban J connectivity index is 2.41. The number of hydrogen-bond acceptors (Lipinski definition) is 3. The van der Waals surface area contributed by atoms with Crippen LogP contribution in [0.15, 0.2) is 17.5 Å². The van der Waals surface area contributed by atoms with E-state index in [1.165, 1.54) is 4.88 Å². The minimum Gasteiger partial charge on any atom is -0.368 e. The molecule has 1 aromatic heterocycles. The monoisotopic (exact) mass is 213 g/mol. The summed E-state index contributed by atoms with van der Waals surface area (Å²) in [7, 11) is 1.96. The average Bonchev–Trinajstić information content (AvgIpc) is 2.68. The highest BCUT2D eigenvalue weighted by Gasteiger charge is 2.21. The summed E-state index contributed by atoms with van der Waals surface area (Å²) in [4.78, 5) is 1.29. The molecule has 0 aliphatic rings. The van der Waals surface area contributed by atoms with Crippen molar-refractivity contribution in [3.05, 3.63) is 22.4 Å². The van der Waals surface area contributed by atoms with Crippen molar-refractivity contribution in [2.75, 3.05) is 13.6 Å². The molecular formula is C11H19NOS. The average molecular weight is 213 g/mol. The Labute approximate surface area is 90.3 Å². The van der Waals surface area contributed by atoms with Crippen LogP contribution in [0, 0.1) is 0 Å². The third-order valence-corrected chi connectivity index (χ3v) is 3.29. The second kappa shape index (κ2) is 5.49. The van der Waals surface area contributed by atoms with Crippen molar-refractivity contribution >= 4 is 11.3 Å². The third kappa shape index (κ3) is 3.40. The molecule has 0 aromatic carbocycles. The number of likely N-dealkylation sites (N-methyl/N-ethyl adjacent to an activating group) is 1. The summed E-state index contributed by atoms with van der Waals surface area (Å²) < 4.78 is 5.91. The lowest BCUT2D eigenvalue weighted by molar-refractivity contribution is -0.0421. The minimum atomic E-state index is -0.0429. The highest BCUT2D eigenvalue weighted by Crippen LogP contribution is 2.18. The van der Waals surface area contributed by atoms with Gasteiger partial charge in [-0.3, -0.25) is 0 Å².